The lowest BCUT2D eigenvalue weighted by atomic mass is 10.2. The van der Waals surface area contributed by atoms with E-state index in [0.717, 1.165) is 6.07 Å². The van der Waals surface area contributed by atoms with Crippen molar-refractivity contribution < 1.29 is 22.7 Å². The molecule has 13 heteroatoms. The van der Waals surface area contributed by atoms with Gasteiger partial charge in [0, 0.05) is 56.0 Å². The van der Waals surface area contributed by atoms with E-state index in [2.05, 4.69) is 25.2 Å². The van der Waals surface area contributed by atoms with Crippen molar-refractivity contribution in [3.8, 4) is 11.4 Å². The highest BCUT2D eigenvalue weighted by molar-refractivity contribution is 7.89. The zero-order valence-corrected chi connectivity index (χ0v) is 16.9. The molecule has 3 rings (SSSR count). The van der Waals surface area contributed by atoms with Crippen LogP contribution in [0.1, 0.15) is 12.3 Å². The van der Waals surface area contributed by atoms with Crippen LogP contribution in [0.15, 0.2) is 58.2 Å². The van der Waals surface area contributed by atoms with Gasteiger partial charge in [-0.3, -0.25) is 19.9 Å². The van der Waals surface area contributed by atoms with Crippen LogP contribution in [-0.4, -0.2) is 47.5 Å². The molecule has 0 aliphatic carbocycles. The summed E-state index contributed by atoms with van der Waals surface area (Å²) < 4.78 is 31.8. The molecule has 2 heterocycles. The molecule has 0 saturated carbocycles. The fourth-order valence-corrected chi connectivity index (χ4v) is 3.58. The predicted molar refractivity (Wildman–Crippen MR) is 107 cm³/mol. The molecule has 0 saturated heterocycles. The lowest BCUT2D eigenvalue weighted by Crippen LogP contribution is -2.34. The molecule has 0 fully saturated rings. The number of nitrogens with one attached hydrogen (secondary N) is 2. The number of benzene rings is 1. The third-order valence-electron chi connectivity index (χ3n) is 4.03. The van der Waals surface area contributed by atoms with Crippen molar-refractivity contribution in [2.24, 2.45) is 0 Å². The number of pyridine rings is 1. The van der Waals surface area contributed by atoms with E-state index < -0.39 is 14.9 Å². The number of nitro groups is 1. The summed E-state index contributed by atoms with van der Waals surface area (Å²) in [6.07, 6.45) is 3.51. The van der Waals surface area contributed by atoms with E-state index >= 15 is 0 Å². The zero-order chi connectivity index (χ0) is 22.3. The number of nitrogens with zero attached hydrogens (tertiary/aromatic N) is 4. The van der Waals surface area contributed by atoms with Crippen LogP contribution in [0.3, 0.4) is 0 Å². The number of hydrogen-bond donors (Lipinski definition) is 2. The van der Waals surface area contributed by atoms with Crippen LogP contribution >= 0.6 is 0 Å². The Morgan fingerprint density at radius 2 is 2.03 bits per heavy atom. The number of carbonyl (C=O) groups is 1. The number of aryl methyl sites for hydroxylation is 1. The molecule has 2 aromatic heterocycles. The van der Waals surface area contributed by atoms with Crippen molar-refractivity contribution >= 4 is 21.6 Å². The third-order valence-corrected chi connectivity index (χ3v) is 5.49. The van der Waals surface area contributed by atoms with Crippen LogP contribution in [0.5, 0.6) is 0 Å². The lowest BCUT2D eigenvalue weighted by Gasteiger charge is -2.07. The summed E-state index contributed by atoms with van der Waals surface area (Å²) in [5.74, 6) is 0.343. The number of rotatable bonds is 10. The van der Waals surface area contributed by atoms with Crippen LogP contribution in [0.2, 0.25) is 0 Å². The van der Waals surface area contributed by atoms with E-state index in [0.29, 0.717) is 17.3 Å². The maximum absolute atomic E-state index is 12.2. The number of hydrogen-bond acceptors (Lipinski definition) is 9. The summed E-state index contributed by atoms with van der Waals surface area (Å²) in [6.45, 7) is -0.0414. The Balaban J connectivity index is 1.42. The maximum atomic E-state index is 12.2. The normalized spacial score (nSPS) is 11.2. The number of amides is 1. The van der Waals surface area contributed by atoms with Crippen molar-refractivity contribution in [3.63, 3.8) is 0 Å². The van der Waals surface area contributed by atoms with Crippen LogP contribution in [0.4, 0.5) is 5.69 Å². The summed E-state index contributed by atoms with van der Waals surface area (Å²) in [5, 5.41) is 17.2. The van der Waals surface area contributed by atoms with Gasteiger partial charge in [-0.15, -0.1) is 0 Å². The predicted octanol–water partition coefficient (Wildman–Crippen LogP) is 1.07. The number of aromatic nitrogens is 3. The van der Waals surface area contributed by atoms with Gasteiger partial charge in [-0.25, -0.2) is 13.1 Å². The molecule has 0 atom stereocenters. The Hall–Kier alpha value is -3.71. The number of non-ortho nitro benzene ring substituents is 1. The summed E-state index contributed by atoms with van der Waals surface area (Å²) in [7, 11) is -3.94. The summed E-state index contributed by atoms with van der Waals surface area (Å²) in [5.41, 5.74) is 0.363. The van der Waals surface area contributed by atoms with Gasteiger partial charge >= 0.3 is 0 Å². The molecule has 0 spiro atoms. The van der Waals surface area contributed by atoms with E-state index in [1.807, 2.05) is 0 Å². The highest BCUT2D eigenvalue weighted by atomic mass is 32.2. The van der Waals surface area contributed by atoms with Gasteiger partial charge in [-0.05, 0) is 18.2 Å². The molecule has 0 unspecified atom stereocenters. The van der Waals surface area contributed by atoms with Gasteiger partial charge in [0.25, 0.3) is 5.69 Å². The first-order valence-corrected chi connectivity index (χ1v) is 10.6. The van der Waals surface area contributed by atoms with Crippen LogP contribution in [0.25, 0.3) is 11.4 Å². The van der Waals surface area contributed by atoms with Crippen molar-refractivity contribution in [3.05, 3.63) is 64.8 Å². The fourth-order valence-electron chi connectivity index (χ4n) is 2.51. The molecule has 0 aliphatic rings. The second kappa shape index (κ2) is 9.86. The SMILES string of the molecule is O=C(CCc1nc(-c2cccnc2)no1)NCCNS(=O)(=O)c1cccc([N+](=O)[O-])c1. The molecule has 12 nitrogen and oxygen atoms in total. The topological polar surface area (TPSA) is 170 Å². The van der Waals surface area contributed by atoms with Crippen LogP contribution in [-0.2, 0) is 21.2 Å². The minimum Gasteiger partial charge on any atom is -0.355 e. The van der Waals surface area contributed by atoms with E-state index in [4.69, 9.17) is 4.52 Å². The zero-order valence-electron chi connectivity index (χ0n) is 16.1. The number of sulfonamides is 1. The average molecular weight is 446 g/mol. The molecule has 0 bridgehead atoms. The van der Waals surface area contributed by atoms with Crippen molar-refractivity contribution in [1.29, 1.82) is 0 Å². The summed E-state index contributed by atoms with van der Waals surface area (Å²) in [4.78, 5) is 30.0. The second-order valence-corrected chi connectivity index (χ2v) is 8.02. The molecular formula is C18H18N6O6S. The monoisotopic (exact) mass is 446 g/mol. The maximum Gasteiger partial charge on any atom is 0.270 e. The van der Waals surface area contributed by atoms with Crippen molar-refractivity contribution in [2.75, 3.05) is 13.1 Å². The Morgan fingerprint density at radius 1 is 1.19 bits per heavy atom. The Bertz CT molecular complexity index is 1170. The first-order chi connectivity index (χ1) is 14.8. The number of nitro benzene ring substituents is 1. The van der Waals surface area contributed by atoms with E-state index in [1.54, 1.807) is 24.5 Å². The van der Waals surface area contributed by atoms with Gasteiger partial charge in [-0.2, -0.15) is 4.98 Å². The standard InChI is InChI=1S/C18H18N6O6S/c25-16(6-7-17-22-18(23-30-17)13-3-2-8-19-12-13)20-9-10-21-31(28,29)15-5-1-4-14(11-15)24(26)27/h1-5,8,11-12,21H,6-7,9-10H2,(H,20,25). The van der Waals surface area contributed by atoms with Crippen LogP contribution in [0, 0.1) is 10.1 Å². The van der Waals surface area contributed by atoms with Crippen LogP contribution < -0.4 is 10.0 Å². The molecule has 0 radical (unpaired) electrons. The van der Waals surface area contributed by atoms with Crippen molar-refractivity contribution in [1.82, 2.24) is 25.2 Å². The molecule has 0 aliphatic heterocycles. The Morgan fingerprint density at radius 3 is 2.77 bits per heavy atom. The molecule has 31 heavy (non-hydrogen) atoms. The Kier molecular flexibility index (Phi) is 6.99. The molecule has 2 N–H and O–H groups in total. The first kappa shape index (κ1) is 22.0. The summed E-state index contributed by atoms with van der Waals surface area (Å²) in [6, 6.07) is 8.21. The van der Waals surface area contributed by atoms with Gasteiger partial charge in [0.2, 0.25) is 27.6 Å². The highest BCUT2D eigenvalue weighted by Gasteiger charge is 2.17. The van der Waals surface area contributed by atoms with Gasteiger partial charge in [0.1, 0.15) is 0 Å². The highest BCUT2D eigenvalue weighted by Crippen LogP contribution is 2.17. The average Bonchev–Trinajstić information content (AvgIpc) is 3.25. The molecule has 1 aromatic carbocycles. The minimum absolute atomic E-state index is 0.0394. The van der Waals surface area contributed by atoms with E-state index in [1.165, 1.54) is 18.2 Å². The minimum atomic E-state index is -3.94. The van der Waals surface area contributed by atoms with Gasteiger partial charge in [0.05, 0.1) is 9.82 Å². The smallest absolute Gasteiger partial charge is 0.270 e. The molecule has 162 valence electrons. The molecule has 3 aromatic rings. The first-order valence-electron chi connectivity index (χ1n) is 9.09. The second-order valence-electron chi connectivity index (χ2n) is 6.26. The number of carbonyl (C=O) groups excluding carboxylic acids is 1. The molecular weight excluding hydrogens is 428 g/mol. The lowest BCUT2D eigenvalue weighted by molar-refractivity contribution is -0.385. The Labute approximate surface area is 176 Å². The van der Waals surface area contributed by atoms with E-state index in [9.17, 15) is 23.3 Å². The molecule has 1 amide bonds. The van der Waals surface area contributed by atoms with Gasteiger partial charge in [-0.1, -0.05) is 11.2 Å². The largest absolute Gasteiger partial charge is 0.355 e. The quantitative estimate of drug-likeness (QED) is 0.262. The van der Waals surface area contributed by atoms with Gasteiger partial charge in [0.15, 0.2) is 0 Å². The van der Waals surface area contributed by atoms with Crippen molar-refractivity contribution in [2.45, 2.75) is 17.7 Å². The van der Waals surface area contributed by atoms with E-state index in [-0.39, 0.29) is 42.4 Å². The fraction of sp³-hybridized carbons (Fsp3) is 0.222. The summed E-state index contributed by atoms with van der Waals surface area (Å²) >= 11 is 0. The third kappa shape index (κ3) is 6.13. The van der Waals surface area contributed by atoms with Gasteiger partial charge < -0.3 is 9.84 Å².